The van der Waals surface area contributed by atoms with Crippen molar-refractivity contribution in [2.75, 3.05) is 18.2 Å². The van der Waals surface area contributed by atoms with Crippen LogP contribution >= 0.6 is 15.9 Å². The maximum atomic E-state index is 5.85. The number of nitrogens with two attached hydrogens (primary N) is 1. The van der Waals surface area contributed by atoms with Gasteiger partial charge in [0.25, 0.3) is 0 Å². The summed E-state index contributed by atoms with van der Waals surface area (Å²) in [5.41, 5.74) is 7.57. The van der Waals surface area contributed by atoms with Crippen LogP contribution in [0.3, 0.4) is 0 Å². The summed E-state index contributed by atoms with van der Waals surface area (Å²) in [6.07, 6.45) is 2.20. The number of ether oxygens (including phenoxy) is 1. The Balaban J connectivity index is 2.41. The molecule has 0 aliphatic heterocycles. The van der Waals surface area contributed by atoms with Crippen LogP contribution in [0.4, 0.5) is 17.3 Å². The smallest absolute Gasteiger partial charge is 0.142 e. The van der Waals surface area contributed by atoms with Gasteiger partial charge >= 0.3 is 0 Å². The highest BCUT2D eigenvalue weighted by molar-refractivity contribution is 9.10. The summed E-state index contributed by atoms with van der Waals surface area (Å²) in [7, 11) is 1.63. The van der Waals surface area contributed by atoms with Crippen LogP contribution in [0.1, 0.15) is 12.5 Å². The van der Waals surface area contributed by atoms with Crippen molar-refractivity contribution in [1.82, 2.24) is 9.97 Å². The lowest BCUT2D eigenvalue weighted by atomic mass is 10.2. The van der Waals surface area contributed by atoms with Crippen LogP contribution in [0.2, 0.25) is 0 Å². The van der Waals surface area contributed by atoms with Crippen molar-refractivity contribution in [1.29, 1.82) is 0 Å². The van der Waals surface area contributed by atoms with Crippen molar-refractivity contribution >= 4 is 33.3 Å². The number of anilines is 3. The Bertz CT molecular complexity index is 589. The number of hydrogen-bond acceptors (Lipinski definition) is 5. The molecule has 0 bridgehead atoms. The summed E-state index contributed by atoms with van der Waals surface area (Å²) in [6.45, 7) is 2.01. The Hall–Kier alpha value is -1.82. The van der Waals surface area contributed by atoms with E-state index in [-0.39, 0.29) is 0 Å². The van der Waals surface area contributed by atoms with Gasteiger partial charge in [-0.15, -0.1) is 0 Å². The first kappa shape index (κ1) is 13.6. The quantitative estimate of drug-likeness (QED) is 0.904. The predicted octanol–water partition coefficient (Wildman–Crippen LogP) is 3.14. The fraction of sp³-hybridized carbons (Fsp3) is 0.231. The number of methoxy groups -OCH3 is 1. The van der Waals surface area contributed by atoms with Crippen molar-refractivity contribution in [3.63, 3.8) is 0 Å². The van der Waals surface area contributed by atoms with Gasteiger partial charge < -0.3 is 15.8 Å². The fourth-order valence-corrected chi connectivity index (χ4v) is 2.15. The molecule has 0 aliphatic carbocycles. The van der Waals surface area contributed by atoms with Gasteiger partial charge in [-0.1, -0.05) is 22.9 Å². The van der Waals surface area contributed by atoms with Gasteiger partial charge in [0.1, 0.15) is 23.7 Å². The van der Waals surface area contributed by atoms with Crippen LogP contribution in [-0.2, 0) is 6.42 Å². The molecule has 0 spiro atoms. The van der Waals surface area contributed by atoms with Gasteiger partial charge in [0.05, 0.1) is 12.8 Å². The third-order valence-electron chi connectivity index (χ3n) is 2.75. The van der Waals surface area contributed by atoms with Crippen molar-refractivity contribution in [3.8, 4) is 5.75 Å². The highest BCUT2D eigenvalue weighted by Crippen LogP contribution is 2.31. The third kappa shape index (κ3) is 2.96. The molecule has 19 heavy (non-hydrogen) atoms. The van der Waals surface area contributed by atoms with Gasteiger partial charge in [-0.2, -0.15) is 0 Å². The molecule has 1 aromatic carbocycles. The van der Waals surface area contributed by atoms with E-state index in [4.69, 9.17) is 10.5 Å². The molecule has 2 rings (SSSR count). The maximum Gasteiger partial charge on any atom is 0.142 e. The molecule has 1 heterocycles. The van der Waals surface area contributed by atoms with Crippen molar-refractivity contribution in [2.24, 2.45) is 0 Å². The van der Waals surface area contributed by atoms with E-state index in [1.165, 1.54) is 6.33 Å². The molecule has 0 aliphatic rings. The Morgan fingerprint density at radius 1 is 1.37 bits per heavy atom. The molecule has 0 unspecified atom stereocenters. The number of rotatable bonds is 4. The minimum Gasteiger partial charge on any atom is -0.495 e. The zero-order valence-corrected chi connectivity index (χ0v) is 12.4. The normalized spacial score (nSPS) is 10.3. The van der Waals surface area contributed by atoms with Crippen LogP contribution in [-0.4, -0.2) is 17.1 Å². The van der Waals surface area contributed by atoms with Gasteiger partial charge in [-0.05, 0) is 24.6 Å². The molecule has 0 atom stereocenters. The van der Waals surface area contributed by atoms with Gasteiger partial charge in [-0.25, -0.2) is 9.97 Å². The summed E-state index contributed by atoms with van der Waals surface area (Å²) in [5, 5.41) is 3.24. The summed E-state index contributed by atoms with van der Waals surface area (Å²) in [4.78, 5) is 8.24. The first-order valence-corrected chi connectivity index (χ1v) is 6.65. The van der Waals surface area contributed by atoms with E-state index in [0.717, 1.165) is 27.9 Å². The second-order valence-corrected chi connectivity index (χ2v) is 4.82. The maximum absolute atomic E-state index is 5.85. The Labute approximate surface area is 120 Å². The van der Waals surface area contributed by atoms with Crippen LogP contribution in [0.15, 0.2) is 29.0 Å². The van der Waals surface area contributed by atoms with E-state index in [2.05, 4.69) is 31.2 Å². The monoisotopic (exact) mass is 322 g/mol. The van der Waals surface area contributed by atoms with E-state index in [1.54, 1.807) is 7.11 Å². The average Bonchev–Trinajstić information content (AvgIpc) is 2.39. The van der Waals surface area contributed by atoms with Crippen LogP contribution < -0.4 is 15.8 Å². The molecule has 0 saturated carbocycles. The standard InChI is InChI=1S/C13H15BrN4O/c1-3-9-12(15)16-7-17-13(9)18-10-6-8(14)4-5-11(10)19-2/h4-7H,3H2,1-2H3,(H3,15,16,17,18). The van der Waals surface area contributed by atoms with E-state index < -0.39 is 0 Å². The second kappa shape index (κ2) is 5.88. The molecule has 1 aromatic heterocycles. The number of nitrogens with zero attached hydrogens (tertiary/aromatic N) is 2. The van der Waals surface area contributed by atoms with Crippen molar-refractivity contribution in [3.05, 3.63) is 34.6 Å². The van der Waals surface area contributed by atoms with Crippen LogP contribution in [0.25, 0.3) is 0 Å². The third-order valence-corrected chi connectivity index (χ3v) is 3.24. The lowest BCUT2D eigenvalue weighted by Crippen LogP contribution is -2.05. The second-order valence-electron chi connectivity index (χ2n) is 3.91. The summed E-state index contributed by atoms with van der Waals surface area (Å²) in [5.74, 6) is 1.93. The molecular weight excluding hydrogens is 308 g/mol. The largest absolute Gasteiger partial charge is 0.495 e. The molecule has 0 fully saturated rings. The van der Waals surface area contributed by atoms with Gasteiger partial charge in [-0.3, -0.25) is 0 Å². The number of nitrogen functional groups attached to an aromatic ring is 1. The molecule has 5 nitrogen and oxygen atoms in total. The van der Waals surface area contributed by atoms with Crippen molar-refractivity contribution in [2.45, 2.75) is 13.3 Å². The first-order chi connectivity index (χ1) is 9.15. The van der Waals surface area contributed by atoms with Crippen molar-refractivity contribution < 1.29 is 4.74 Å². The molecule has 6 heteroatoms. The molecule has 100 valence electrons. The zero-order valence-electron chi connectivity index (χ0n) is 10.8. The first-order valence-electron chi connectivity index (χ1n) is 5.85. The number of benzene rings is 1. The topological polar surface area (TPSA) is 73.1 Å². The van der Waals surface area contributed by atoms with Gasteiger partial charge in [0.2, 0.25) is 0 Å². The zero-order chi connectivity index (χ0) is 13.8. The van der Waals surface area contributed by atoms with Gasteiger partial charge in [0.15, 0.2) is 0 Å². The molecule has 0 radical (unpaired) electrons. The molecule has 0 amide bonds. The fourth-order valence-electron chi connectivity index (χ4n) is 1.79. The highest BCUT2D eigenvalue weighted by atomic mass is 79.9. The molecule has 3 N–H and O–H groups in total. The van der Waals surface area contributed by atoms with E-state index in [0.29, 0.717) is 11.6 Å². The van der Waals surface area contributed by atoms with Crippen LogP contribution in [0, 0.1) is 0 Å². The van der Waals surface area contributed by atoms with E-state index in [1.807, 2.05) is 25.1 Å². The lowest BCUT2D eigenvalue weighted by Gasteiger charge is -2.14. The Kier molecular flexibility index (Phi) is 4.21. The number of hydrogen-bond donors (Lipinski definition) is 2. The minimum atomic E-state index is 0.494. The summed E-state index contributed by atoms with van der Waals surface area (Å²) >= 11 is 3.44. The Morgan fingerprint density at radius 3 is 2.84 bits per heavy atom. The number of halogens is 1. The number of aromatic nitrogens is 2. The van der Waals surface area contributed by atoms with E-state index >= 15 is 0 Å². The Morgan fingerprint density at radius 2 is 2.16 bits per heavy atom. The molecule has 0 saturated heterocycles. The molecular formula is C13H15BrN4O. The summed E-state index contributed by atoms with van der Waals surface area (Å²) in [6, 6.07) is 5.72. The summed E-state index contributed by atoms with van der Waals surface area (Å²) < 4.78 is 6.27. The van der Waals surface area contributed by atoms with Crippen LogP contribution in [0.5, 0.6) is 5.75 Å². The lowest BCUT2D eigenvalue weighted by molar-refractivity contribution is 0.416. The molecule has 2 aromatic rings. The minimum absolute atomic E-state index is 0.494. The highest BCUT2D eigenvalue weighted by Gasteiger charge is 2.10. The predicted molar refractivity (Wildman–Crippen MR) is 79.8 cm³/mol. The van der Waals surface area contributed by atoms with E-state index in [9.17, 15) is 0 Å². The average molecular weight is 323 g/mol. The SMILES string of the molecule is CCc1c(N)ncnc1Nc1cc(Br)ccc1OC. The number of nitrogens with one attached hydrogen (secondary N) is 1. The van der Waals surface area contributed by atoms with Gasteiger partial charge in [0, 0.05) is 10.0 Å².